The van der Waals surface area contributed by atoms with Crippen molar-refractivity contribution in [3.05, 3.63) is 47.5 Å². The van der Waals surface area contributed by atoms with E-state index in [4.69, 9.17) is 0 Å². The molecule has 3 heteroatoms. The van der Waals surface area contributed by atoms with Crippen LogP contribution in [0.5, 0.6) is 0 Å². The van der Waals surface area contributed by atoms with Crippen molar-refractivity contribution in [1.29, 1.82) is 0 Å². The standard InChI is InChI=1S/C14H16NS2/c1-15-12-7-5-4-6-11(12)8-9-13(15)14(17-3)10-16-2/h4-10H,1-3H3/q+1. The van der Waals surface area contributed by atoms with Crippen LogP contribution in [0.2, 0.25) is 0 Å². The van der Waals surface area contributed by atoms with E-state index in [9.17, 15) is 0 Å². The van der Waals surface area contributed by atoms with E-state index in [1.165, 1.54) is 21.5 Å². The number of rotatable bonds is 3. The van der Waals surface area contributed by atoms with Crippen LogP contribution in [-0.2, 0) is 7.05 Å². The minimum Gasteiger partial charge on any atom is -0.194 e. The van der Waals surface area contributed by atoms with Crippen molar-refractivity contribution >= 4 is 39.3 Å². The Morgan fingerprint density at radius 1 is 1.12 bits per heavy atom. The zero-order chi connectivity index (χ0) is 12.3. The second-order valence-corrected chi connectivity index (χ2v) is 5.31. The van der Waals surface area contributed by atoms with Gasteiger partial charge in [0.1, 0.15) is 7.05 Å². The van der Waals surface area contributed by atoms with Crippen LogP contribution in [0.15, 0.2) is 41.8 Å². The van der Waals surface area contributed by atoms with Crippen LogP contribution in [0.3, 0.4) is 0 Å². The first-order chi connectivity index (χ1) is 8.27. The third kappa shape index (κ3) is 2.50. The van der Waals surface area contributed by atoms with Crippen molar-refractivity contribution in [1.82, 2.24) is 0 Å². The summed E-state index contributed by atoms with van der Waals surface area (Å²) in [5.41, 5.74) is 2.54. The van der Waals surface area contributed by atoms with Gasteiger partial charge < -0.3 is 0 Å². The fraction of sp³-hybridized carbons (Fsp3) is 0.214. The van der Waals surface area contributed by atoms with Crippen LogP contribution in [0.1, 0.15) is 5.69 Å². The van der Waals surface area contributed by atoms with Gasteiger partial charge in [-0.2, -0.15) is 4.57 Å². The van der Waals surface area contributed by atoms with Crippen molar-refractivity contribution in [2.45, 2.75) is 0 Å². The van der Waals surface area contributed by atoms with E-state index in [0.717, 1.165) is 0 Å². The largest absolute Gasteiger partial charge is 0.219 e. The fourth-order valence-corrected chi connectivity index (χ4v) is 3.33. The van der Waals surface area contributed by atoms with Crippen molar-refractivity contribution in [2.75, 3.05) is 12.5 Å². The fourth-order valence-electron chi connectivity index (χ4n) is 1.91. The summed E-state index contributed by atoms with van der Waals surface area (Å²) >= 11 is 3.54. The van der Waals surface area contributed by atoms with E-state index in [0.29, 0.717) is 0 Å². The zero-order valence-electron chi connectivity index (χ0n) is 10.3. The first kappa shape index (κ1) is 12.5. The predicted molar refractivity (Wildman–Crippen MR) is 80.1 cm³/mol. The van der Waals surface area contributed by atoms with Gasteiger partial charge in [0, 0.05) is 17.5 Å². The van der Waals surface area contributed by atoms with Gasteiger partial charge in [-0.25, -0.2) is 0 Å². The predicted octanol–water partition coefficient (Wildman–Crippen LogP) is 3.69. The van der Waals surface area contributed by atoms with Gasteiger partial charge >= 0.3 is 0 Å². The Morgan fingerprint density at radius 2 is 1.88 bits per heavy atom. The lowest BCUT2D eigenvalue weighted by molar-refractivity contribution is -0.646. The Labute approximate surface area is 111 Å². The van der Waals surface area contributed by atoms with E-state index >= 15 is 0 Å². The number of aromatic nitrogens is 1. The average molecular weight is 262 g/mol. The van der Waals surface area contributed by atoms with E-state index in [1.54, 1.807) is 23.5 Å². The summed E-state index contributed by atoms with van der Waals surface area (Å²) in [6.07, 6.45) is 4.22. The van der Waals surface area contributed by atoms with Crippen molar-refractivity contribution in [2.24, 2.45) is 7.05 Å². The Balaban J connectivity index is 2.63. The van der Waals surface area contributed by atoms with Gasteiger partial charge in [-0.3, -0.25) is 0 Å². The molecule has 0 aliphatic heterocycles. The minimum atomic E-state index is 1.27. The highest BCUT2D eigenvalue weighted by molar-refractivity contribution is 8.09. The number of pyridine rings is 1. The molecule has 1 aromatic heterocycles. The summed E-state index contributed by atoms with van der Waals surface area (Å²) in [5, 5.41) is 3.48. The monoisotopic (exact) mass is 262 g/mol. The molecule has 2 aromatic rings. The van der Waals surface area contributed by atoms with E-state index in [-0.39, 0.29) is 0 Å². The maximum atomic E-state index is 2.26. The van der Waals surface area contributed by atoms with Gasteiger partial charge in [-0.15, -0.1) is 23.5 Å². The summed E-state index contributed by atoms with van der Waals surface area (Å²) in [4.78, 5) is 1.31. The maximum absolute atomic E-state index is 2.26. The Bertz CT molecular complexity index is 561. The Morgan fingerprint density at radius 3 is 2.59 bits per heavy atom. The van der Waals surface area contributed by atoms with Crippen molar-refractivity contribution in [3.63, 3.8) is 0 Å². The molecule has 1 nitrogen and oxygen atoms in total. The molecule has 2 rings (SSSR count). The number of thioether (sulfide) groups is 2. The van der Waals surface area contributed by atoms with Crippen molar-refractivity contribution in [3.8, 4) is 0 Å². The second-order valence-electron chi connectivity index (χ2n) is 3.76. The molecule has 17 heavy (non-hydrogen) atoms. The number of para-hydroxylation sites is 1. The topological polar surface area (TPSA) is 3.88 Å². The number of fused-ring (bicyclic) bond motifs is 1. The molecule has 0 N–H and O–H groups in total. The molecule has 0 bridgehead atoms. The highest BCUT2D eigenvalue weighted by atomic mass is 32.2. The van der Waals surface area contributed by atoms with Crippen LogP contribution in [0.25, 0.3) is 15.8 Å². The Hall–Kier alpha value is -0.930. The molecule has 0 unspecified atom stereocenters. The van der Waals surface area contributed by atoms with Crippen LogP contribution < -0.4 is 4.57 Å². The molecule has 0 radical (unpaired) electrons. The van der Waals surface area contributed by atoms with Gasteiger partial charge in [0.2, 0.25) is 11.2 Å². The van der Waals surface area contributed by atoms with Crippen molar-refractivity contribution < 1.29 is 4.57 Å². The highest BCUT2D eigenvalue weighted by Crippen LogP contribution is 2.26. The smallest absolute Gasteiger partial charge is 0.194 e. The number of benzene rings is 1. The highest BCUT2D eigenvalue weighted by Gasteiger charge is 2.14. The first-order valence-electron chi connectivity index (χ1n) is 5.43. The molecule has 0 saturated heterocycles. The van der Waals surface area contributed by atoms with Gasteiger partial charge in [-0.05, 0) is 30.1 Å². The minimum absolute atomic E-state index is 1.27. The summed E-state index contributed by atoms with van der Waals surface area (Å²) in [6, 6.07) is 12.9. The summed E-state index contributed by atoms with van der Waals surface area (Å²) in [7, 11) is 2.13. The van der Waals surface area contributed by atoms with E-state index in [2.05, 4.69) is 65.9 Å². The third-order valence-electron chi connectivity index (χ3n) is 2.78. The SMILES string of the molecule is CSC=C(SC)c1ccc2ccccc2[n+]1C. The van der Waals surface area contributed by atoms with Crippen LogP contribution in [0.4, 0.5) is 0 Å². The summed E-state index contributed by atoms with van der Waals surface area (Å²) in [5.74, 6) is 0. The quantitative estimate of drug-likeness (QED) is 0.777. The van der Waals surface area contributed by atoms with Crippen LogP contribution in [0, 0.1) is 0 Å². The number of aryl methyl sites for hydroxylation is 1. The summed E-state index contributed by atoms with van der Waals surface area (Å²) < 4.78 is 2.26. The van der Waals surface area contributed by atoms with E-state index in [1.807, 2.05) is 0 Å². The lowest BCUT2D eigenvalue weighted by atomic mass is 10.2. The number of hydrogen-bond acceptors (Lipinski definition) is 2. The molecule has 1 aromatic carbocycles. The van der Waals surface area contributed by atoms with E-state index < -0.39 is 0 Å². The van der Waals surface area contributed by atoms with Gasteiger partial charge in [0.15, 0.2) is 0 Å². The molecule has 0 atom stereocenters. The zero-order valence-corrected chi connectivity index (χ0v) is 11.9. The molecule has 0 fully saturated rings. The molecule has 0 spiro atoms. The van der Waals surface area contributed by atoms with Crippen LogP contribution in [-0.4, -0.2) is 12.5 Å². The first-order valence-corrected chi connectivity index (χ1v) is 7.94. The lowest BCUT2D eigenvalue weighted by Gasteiger charge is -2.04. The lowest BCUT2D eigenvalue weighted by Crippen LogP contribution is -2.33. The molecule has 0 aliphatic rings. The third-order valence-corrected chi connectivity index (χ3v) is 4.16. The normalized spacial score (nSPS) is 12.1. The van der Waals surface area contributed by atoms with Gasteiger partial charge in [-0.1, -0.05) is 12.1 Å². The average Bonchev–Trinajstić information content (AvgIpc) is 2.37. The molecule has 1 heterocycles. The second kappa shape index (κ2) is 5.61. The molecule has 88 valence electrons. The maximum Gasteiger partial charge on any atom is 0.219 e. The molecular formula is C14H16NS2+. The van der Waals surface area contributed by atoms with Crippen LogP contribution >= 0.6 is 23.5 Å². The van der Waals surface area contributed by atoms with Gasteiger partial charge in [0.05, 0.1) is 4.91 Å². The Kier molecular flexibility index (Phi) is 4.13. The number of hydrogen-bond donors (Lipinski definition) is 0. The number of nitrogens with zero attached hydrogens (tertiary/aromatic N) is 1. The molecule has 0 aliphatic carbocycles. The van der Waals surface area contributed by atoms with Gasteiger partial charge in [0.25, 0.3) is 0 Å². The molecule has 0 amide bonds. The molecular weight excluding hydrogens is 246 g/mol. The summed E-state index contributed by atoms with van der Waals surface area (Å²) in [6.45, 7) is 0. The molecule has 0 saturated carbocycles.